The maximum Gasteiger partial charge on any atom is 0.153 e. The fraction of sp³-hybridized carbons (Fsp3) is 0. The molecule has 1 aromatic heterocycles. The molecule has 2 nitrogen and oxygen atoms in total. The molecule has 3 rings (SSSR count). The van der Waals surface area contributed by atoms with Gasteiger partial charge < -0.3 is 4.74 Å². The second-order valence-corrected chi connectivity index (χ2v) is 5.19. The molecule has 0 fully saturated rings. The van der Waals surface area contributed by atoms with E-state index in [0.717, 1.165) is 21.1 Å². The Labute approximate surface area is 124 Å². The third kappa shape index (κ3) is 2.44. The monoisotopic (exact) mass is 333 g/mol. The molecular formula is C15H9BrClNO. The maximum atomic E-state index is 6.05. The van der Waals surface area contributed by atoms with E-state index < -0.39 is 0 Å². The zero-order valence-corrected chi connectivity index (χ0v) is 12.1. The highest BCUT2D eigenvalue weighted by molar-refractivity contribution is 9.10. The summed E-state index contributed by atoms with van der Waals surface area (Å²) in [6, 6.07) is 15.4. The Balaban J connectivity index is 2.12. The summed E-state index contributed by atoms with van der Waals surface area (Å²) in [7, 11) is 0. The Morgan fingerprint density at radius 1 is 1.00 bits per heavy atom. The van der Waals surface area contributed by atoms with E-state index in [4.69, 9.17) is 16.3 Å². The summed E-state index contributed by atoms with van der Waals surface area (Å²) in [6.07, 6.45) is 1.62. The fourth-order valence-corrected chi connectivity index (χ4v) is 2.41. The van der Waals surface area contributed by atoms with Crippen LogP contribution >= 0.6 is 27.5 Å². The van der Waals surface area contributed by atoms with Crippen molar-refractivity contribution < 1.29 is 4.74 Å². The van der Waals surface area contributed by atoms with Crippen molar-refractivity contribution >= 4 is 38.4 Å². The van der Waals surface area contributed by atoms with Gasteiger partial charge in [-0.1, -0.05) is 41.9 Å². The second-order valence-electron chi connectivity index (χ2n) is 3.99. The van der Waals surface area contributed by atoms with E-state index in [-0.39, 0.29) is 0 Å². The van der Waals surface area contributed by atoms with Gasteiger partial charge in [0.15, 0.2) is 5.75 Å². The molecule has 0 radical (unpaired) electrons. The van der Waals surface area contributed by atoms with Gasteiger partial charge in [-0.15, -0.1) is 0 Å². The maximum absolute atomic E-state index is 6.05. The summed E-state index contributed by atoms with van der Waals surface area (Å²) in [5.41, 5.74) is 0.780. The normalized spacial score (nSPS) is 10.6. The van der Waals surface area contributed by atoms with Gasteiger partial charge in [-0.3, -0.25) is 4.98 Å². The SMILES string of the molecule is Clc1cnc2c(Oc3ccccc3)cccc2c1Br. The summed E-state index contributed by atoms with van der Waals surface area (Å²) < 4.78 is 6.69. The first-order valence-corrected chi connectivity index (χ1v) is 6.88. The lowest BCUT2D eigenvalue weighted by Crippen LogP contribution is -1.88. The van der Waals surface area contributed by atoms with E-state index in [2.05, 4.69) is 20.9 Å². The molecular weight excluding hydrogens is 326 g/mol. The number of halogens is 2. The topological polar surface area (TPSA) is 22.1 Å². The molecule has 3 aromatic rings. The largest absolute Gasteiger partial charge is 0.455 e. The van der Waals surface area contributed by atoms with Crippen LogP contribution < -0.4 is 4.74 Å². The first-order valence-electron chi connectivity index (χ1n) is 5.71. The Morgan fingerprint density at radius 2 is 1.79 bits per heavy atom. The summed E-state index contributed by atoms with van der Waals surface area (Å²) in [5.74, 6) is 1.49. The molecule has 0 aliphatic carbocycles. The van der Waals surface area contributed by atoms with Gasteiger partial charge in [-0.2, -0.15) is 0 Å². The van der Waals surface area contributed by atoms with Crippen LogP contribution in [0.5, 0.6) is 11.5 Å². The van der Waals surface area contributed by atoms with Gasteiger partial charge in [-0.25, -0.2) is 0 Å². The van der Waals surface area contributed by atoms with E-state index >= 15 is 0 Å². The van der Waals surface area contributed by atoms with Crippen LogP contribution in [0.4, 0.5) is 0 Å². The highest BCUT2D eigenvalue weighted by Crippen LogP contribution is 2.35. The van der Waals surface area contributed by atoms with Crippen molar-refractivity contribution in [1.29, 1.82) is 0 Å². The molecule has 0 aliphatic heterocycles. The van der Waals surface area contributed by atoms with Crippen LogP contribution in [0.3, 0.4) is 0 Å². The van der Waals surface area contributed by atoms with Gasteiger partial charge >= 0.3 is 0 Å². The van der Waals surface area contributed by atoms with Crippen molar-refractivity contribution in [2.45, 2.75) is 0 Å². The minimum Gasteiger partial charge on any atom is -0.455 e. The van der Waals surface area contributed by atoms with Gasteiger partial charge in [0.2, 0.25) is 0 Å². The molecule has 1 heterocycles. The minimum atomic E-state index is 0.587. The standard InChI is InChI=1S/C15H9BrClNO/c16-14-11-7-4-8-13(15(11)18-9-12(14)17)19-10-5-2-1-3-6-10/h1-9H. The van der Waals surface area contributed by atoms with Crippen molar-refractivity contribution in [3.8, 4) is 11.5 Å². The van der Waals surface area contributed by atoms with Crippen molar-refractivity contribution in [2.75, 3.05) is 0 Å². The summed E-state index contributed by atoms with van der Waals surface area (Å²) in [4.78, 5) is 4.35. The molecule has 4 heteroatoms. The molecule has 0 bridgehead atoms. The predicted molar refractivity (Wildman–Crippen MR) is 81.0 cm³/mol. The average molecular weight is 335 g/mol. The van der Waals surface area contributed by atoms with Gasteiger partial charge in [-0.05, 0) is 34.1 Å². The van der Waals surface area contributed by atoms with E-state index in [0.29, 0.717) is 10.8 Å². The van der Waals surface area contributed by atoms with Crippen molar-refractivity contribution in [1.82, 2.24) is 4.98 Å². The molecule has 0 N–H and O–H groups in total. The van der Waals surface area contributed by atoms with Gasteiger partial charge in [0, 0.05) is 16.1 Å². The number of rotatable bonds is 2. The zero-order valence-electron chi connectivity index (χ0n) is 9.81. The van der Waals surface area contributed by atoms with Gasteiger partial charge in [0.25, 0.3) is 0 Å². The lowest BCUT2D eigenvalue weighted by atomic mass is 10.2. The van der Waals surface area contributed by atoms with E-state index in [1.807, 2.05) is 48.5 Å². The number of ether oxygens (including phenoxy) is 1. The lowest BCUT2D eigenvalue weighted by Gasteiger charge is -2.09. The highest BCUT2D eigenvalue weighted by Gasteiger charge is 2.09. The first-order chi connectivity index (χ1) is 9.25. The Bertz CT molecular complexity index is 731. The minimum absolute atomic E-state index is 0.587. The fourth-order valence-electron chi connectivity index (χ4n) is 1.84. The first kappa shape index (κ1) is 12.5. The molecule has 0 amide bonds. The number of hydrogen-bond donors (Lipinski definition) is 0. The molecule has 0 saturated heterocycles. The second kappa shape index (κ2) is 5.19. The van der Waals surface area contributed by atoms with Crippen LogP contribution in [-0.4, -0.2) is 4.98 Å². The van der Waals surface area contributed by atoms with Crippen LogP contribution in [0.2, 0.25) is 5.02 Å². The van der Waals surface area contributed by atoms with Gasteiger partial charge in [0.1, 0.15) is 11.3 Å². The average Bonchev–Trinajstić information content (AvgIpc) is 2.45. The predicted octanol–water partition coefficient (Wildman–Crippen LogP) is 5.44. The van der Waals surface area contributed by atoms with Gasteiger partial charge in [0.05, 0.1) is 5.02 Å². The molecule has 94 valence electrons. The molecule has 0 saturated carbocycles. The van der Waals surface area contributed by atoms with Crippen molar-refractivity contribution in [2.24, 2.45) is 0 Å². The Morgan fingerprint density at radius 3 is 2.58 bits per heavy atom. The molecule has 0 spiro atoms. The number of benzene rings is 2. The number of fused-ring (bicyclic) bond motifs is 1. The lowest BCUT2D eigenvalue weighted by molar-refractivity contribution is 0.487. The van der Waals surface area contributed by atoms with Crippen LogP contribution in [0.25, 0.3) is 10.9 Å². The number of nitrogens with zero attached hydrogens (tertiary/aromatic N) is 1. The highest BCUT2D eigenvalue weighted by atomic mass is 79.9. The number of hydrogen-bond acceptors (Lipinski definition) is 2. The zero-order chi connectivity index (χ0) is 13.2. The molecule has 0 aliphatic rings. The summed E-state index contributed by atoms with van der Waals surface area (Å²) in [6.45, 7) is 0. The molecule has 2 aromatic carbocycles. The van der Waals surface area contributed by atoms with Crippen LogP contribution in [0.15, 0.2) is 59.2 Å². The van der Waals surface area contributed by atoms with E-state index in [1.54, 1.807) is 6.20 Å². The Kier molecular flexibility index (Phi) is 3.40. The third-order valence-corrected chi connectivity index (χ3v) is 4.09. The van der Waals surface area contributed by atoms with Crippen molar-refractivity contribution in [3.05, 3.63) is 64.2 Å². The van der Waals surface area contributed by atoms with Crippen LogP contribution in [0, 0.1) is 0 Å². The number of pyridine rings is 1. The molecule has 0 atom stereocenters. The van der Waals surface area contributed by atoms with Crippen LogP contribution in [-0.2, 0) is 0 Å². The van der Waals surface area contributed by atoms with Crippen LogP contribution in [0.1, 0.15) is 0 Å². The Hall–Kier alpha value is -1.58. The van der Waals surface area contributed by atoms with E-state index in [9.17, 15) is 0 Å². The molecule has 0 unspecified atom stereocenters. The summed E-state index contributed by atoms with van der Waals surface area (Å²) >= 11 is 9.52. The number of aromatic nitrogens is 1. The van der Waals surface area contributed by atoms with Crippen molar-refractivity contribution in [3.63, 3.8) is 0 Å². The molecule has 19 heavy (non-hydrogen) atoms. The van der Waals surface area contributed by atoms with E-state index in [1.165, 1.54) is 0 Å². The smallest absolute Gasteiger partial charge is 0.153 e. The quantitative estimate of drug-likeness (QED) is 0.622. The number of para-hydroxylation sites is 2. The third-order valence-electron chi connectivity index (χ3n) is 2.72. The summed E-state index contributed by atoms with van der Waals surface area (Å²) in [5, 5.41) is 1.52.